The molecule has 0 saturated carbocycles. The SMILES string of the molecule is CC(=O)Nc1ccc2c(c1)[C@@]1(O[C@H](CCO)[C@@H]([Si](C)(C)O)[C@@H]1C)C(=O)N2Cc1ccccc1. The second kappa shape index (κ2) is 8.68. The van der Waals surface area contributed by atoms with Gasteiger partial charge in [0.2, 0.25) is 5.91 Å². The van der Waals surface area contributed by atoms with Crippen molar-refractivity contribution in [3.63, 3.8) is 0 Å². The lowest BCUT2D eigenvalue weighted by molar-refractivity contribution is -0.146. The summed E-state index contributed by atoms with van der Waals surface area (Å²) in [6, 6.07) is 15.2. The fourth-order valence-corrected chi connectivity index (χ4v) is 8.28. The molecule has 0 bridgehead atoms. The lowest BCUT2D eigenvalue weighted by Crippen LogP contribution is -2.46. The van der Waals surface area contributed by atoms with Gasteiger partial charge in [0.25, 0.3) is 5.91 Å². The number of hydrogen-bond acceptors (Lipinski definition) is 5. The third-order valence-electron chi connectivity index (χ3n) is 6.90. The summed E-state index contributed by atoms with van der Waals surface area (Å²) in [5.41, 5.74) is 1.51. The van der Waals surface area contributed by atoms with Crippen LogP contribution in [0.25, 0.3) is 0 Å². The number of aliphatic hydroxyl groups excluding tert-OH is 1. The van der Waals surface area contributed by atoms with E-state index >= 15 is 0 Å². The molecule has 0 aliphatic carbocycles. The number of nitrogens with one attached hydrogen (secondary N) is 1. The molecule has 2 aliphatic heterocycles. The molecule has 0 aromatic heterocycles. The summed E-state index contributed by atoms with van der Waals surface area (Å²) < 4.78 is 6.58. The molecule has 2 aliphatic rings. The topological polar surface area (TPSA) is 99.1 Å². The number of aliphatic hydroxyl groups is 1. The lowest BCUT2D eigenvalue weighted by Gasteiger charge is -2.32. The average molecular weight is 469 g/mol. The summed E-state index contributed by atoms with van der Waals surface area (Å²) in [6.07, 6.45) is -0.0879. The minimum absolute atomic E-state index is 0.0881. The van der Waals surface area contributed by atoms with E-state index in [0.717, 1.165) is 11.3 Å². The summed E-state index contributed by atoms with van der Waals surface area (Å²) in [5, 5.41) is 12.5. The maximum Gasteiger partial charge on any atom is 0.264 e. The van der Waals surface area contributed by atoms with Gasteiger partial charge in [-0.1, -0.05) is 37.3 Å². The fourth-order valence-electron chi connectivity index (χ4n) is 5.68. The van der Waals surface area contributed by atoms with Gasteiger partial charge in [0.15, 0.2) is 13.9 Å². The maximum atomic E-state index is 14.1. The van der Waals surface area contributed by atoms with Crippen LogP contribution in [0.4, 0.5) is 11.4 Å². The summed E-state index contributed by atoms with van der Waals surface area (Å²) >= 11 is 0. The van der Waals surface area contributed by atoms with Gasteiger partial charge < -0.3 is 24.9 Å². The third-order valence-corrected chi connectivity index (χ3v) is 9.40. The van der Waals surface area contributed by atoms with Crippen molar-refractivity contribution in [2.24, 2.45) is 5.92 Å². The van der Waals surface area contributed by atoms with Gasteiger partial charge in [-0.2, -0.15) is 0 Å². The summed E-state index contributed by atoms with van der Waals surface area (Å²) in [4.78, 5) is 38.7. The van der Waals surface area contributed by atoms with Gasteiger partial charge >= 0.3 is 0 Å². The van der Waals surface area contributed by atoms with Crippen molar-refractivity contribution in [1.29, 1.82) is 0 Å². The van der Waals surface area contributed by atoms with E-state index in [1.165, 1.54) is 6.92 Å². The predicted octanol–water partition coefficient (Wildman–Crippen LogP) is 3.37. The van der Waals surface area contributed by atoms with Crippen molar-refractivity contribution in [1.82, 2.24) is 0 Å². The second-order valence-corrected chi connectivity index (χ2v) is 13.6. The number of carbonyl (C=O) groups is 2. The van der Waals surface area contributed by atoms with Crippen LogP contribution in [0.1, 0.15) is 31.4 Å². The zero-order valence-corrected chi connectivity index (χ0v) is 20.5. The number of fused-ring (bicyclic) bond motifs is 2. The molecule has 176 valence electrons. The van der Waals surface area contributed by atoms with Crippen LogP contribution in [0, 0.1) is 5.92 Å². The highest BCUT2D eigenvalue weighted by Crippen LogP contribution is 2.60. The molecule has 0 unspecified atom stereocenters. The monoisotopic (exact) mass is 468 g/mol. The zero-order chi connectivity index (χ0) is 24.0. The molecule has 8 heteroatoms. The molecule has 2 amide bonds. The predicted molar refractivity (Wildman–Crippen MR) is 129 cm³/mol. The van der Waals surface area contributed by atoms with E-state index in [2.05, 4.69) is 5.32 Å². The molecule has 33 heavy (non-hydrogen) atoms. The van der Waals surface area contributed by atoms with E-state index in [-0.39, 0.29) is 29.9 Å². The minimum atomic E-state index is -2.74. The third kappa shape index (κ3) is 4.01. The Kier molecular flexibility index (Phi) is 6.22. The van der Waals surface area contributed by atoms with Crippen LogP contribution in [-0.4, -0.2) is 42.7 Å². The number of ether oxygens (including phenoxy) is 1. The van der Waals surface area contributed by atoms with Gasteiger partial charge in [-0.3, -0.25) is 9.59 Å². The minimum Gasteiger partial charge on any atom is -0.432 e. The Balaban J connectivity index is 1.86. The fraction of sp³-hybridized carbons (Fsp3) is 0.440. The van der Waals surface area contributed by atoms with Crippen molar-refractivity contribution in [3.8, 4) is 0 Å². The van der Waals surface area contributed by atoms with E-state index in [0.29, 0.717) is 24.2 Å². The Morgan fingerprint density at radius 3 is 2.52 bits per heavy atom. The van der Waals surface area contributed by atoms with Gasteiger partial charge in [-0.05, 0) is 43.3 Å². The number of benzene rings is 2. The summed E-state index contributed by atoms with van der Waals surface area (Å²) in [7, 11) is -2.74. The largest absolute Gasteiger partial charge is 0.432 e. The highest BCUT2D eigenvalue weighted by Gasteiger charge is 2.66. The molecular weight excluding hydrogens is 436 g/mol. The number of amides is 2. The van der Waals surface area contributed by atoms with Gasteiger partial charge in [-0.15, -0.1) is 0 Å². The Bertz CT molecular complexity index is 1050. The van der Waals surface area contributed by atoms with Gasteiger partial charge in [0, 0.05) is 36.2 Å². The lowest BCUT2D eigenvalue weighted by atomic mass is 9.82. The van der Waals surface area contributed by atoms with Crippen molar-refractivity contribution >= 4 is 31.5 Å². The number of nitrogens with zero attached hydrogens (tertiary/aromatic N) is 1. The molecule has 7 nitrogen and oxygen atoms in total. The van der Waals surface area contributed by atoms with Crippen molar-refractivity contribution in [2.75, 3.05) is 16.8 Å². The Labute approximate surface area is 195 Å². The zero-order valence-electron chi connectivity index (χ0n) is 19.5. The first-order valence-corrected chi connectivity index (χ1v) is 14.4. The van der Waals surface area contributed by atoms with E-state index < -0.39 is 20.0 Å². The van der Waals surface area contributed by atoms with Crippen LogP contribution in [0.2, 0.25) is 18.6 Å². The Morgan fingerprint density at radius 1 is 1.21 bits per heavy atom. The van der Waals surface area contributed by atoms with Gasteiger partial charge in [-0.25, -0.2) is 0 Å². The van der Waals surface area contributed by atoms with Crippen LogP contribution in [0.15, 0.2) is 48.5 Å². The number of anilines is 2. The number of rotatable bonds is 6. The standard InChI is InChI=1S/C25H32N2O5Si/c1-16-23(33(3,4)31)22(12-13-28)32-25(16)20-14-19(26-17(2)29)10-11-21(20)27(24(25)30)15-18-8-6-5-7-9-18/h5-11,14,16,22-23,28,31H,12-13,15H2,1-4H3,(H,26,29)/t16-,22+,23-,25+/m0/s1. The molecule has 3 N–H and O–H groups in total. The number of carbonyl (C=O) groups excluding carboxylic acids is 2. The normalized spacial score (nSPS) is 26.7. The van der Waals surface area contributed by atoms with Crippen LogP contribution < -0.4 is 10.2 Å². The molecule has 1 saturated heterocycles. The van der Waals surface area contributed by atoms with E-state index in [1.807, 2.05) is 62.5 Å². The van der Waals surface area contributed by atoms with Gasteiger partial charge in [0.1, 0.15) is 0 Å². The van der Waals surface area contributed by atoms with E-state index in [4.69, 9.17) is 4.74 Å². The Hall–Kier alpha value is -2.52. The van der Waals surface area contributed by atoms with Crippen LogP contribution in [0.5, 0.6) is 0 Å². The van der Waals surface area contributed by atoms with Crippen molar-refractivity contribution in [3.05, 3.63) is 59.7 Å². The van der Waals surface area contributed by atoms with Crippen molar-refractivity contribution < 1.29 is 24.2 Å². The molecule has 1 fully saturated rings. The number of hydrogen-bond donors (Lipinski definition) is 3. The van der Waals surface area contributed by atoms with Crippen LogP contribution in [0.3, 0.4) is 0 Å². The summed E-state index contributed by atoms with van der Waals surface area (Å²) in [5.74, 6) is -0.673. The Morgan fingerprint density at radius 2 is 1.91 bits per heavy atom. The average Bonchev–Trinajstić information content (AvgIpc) is 3.16. The first kappa shape index (κ1) is 23.6. The van der Waals surface area contributed by atoms with Gasteiger partial charge in [0.05, 0.1) is 18.3 Å². The molecular formula is C25H32N2O5Si. The van der Waals surface area contributed by atoms with E-state index in [9.17, 15) is 19.5 Å². The van der Waals surface area contributed by atoms with Crippen LogP contribution in [-0.2, 0) is 26.5 Å². The molecule has 0 radical (unpaired) electrons. The first-order valence-electron chi connectivity index (χ1n) is 11.4. The molecule has 1 spiro atoms. The second-order valence-electron chi connectivity index (χ2n) is 9.66. The quantitative estimate of drug-likeness (QED) is 0.565. The highest BCUT2D eigenvalue weighted by molar-refractivity contribution is 6.71. The van der Waals surface area contributed by atoms with Crippen LogP contribution >= 0.6 is 0 Å². The smallest absolute Gasteiger partial charge is 0.264 e. The molecule has 2 aromatic rings. The maximum absolute atomic E-state index is 14.1. The first-order chi connectivity index (χ1) is 15.6. The molecule has 4 atom stereocenters. The molecule has 4 rings (SSSR count). The highest BCUT2D eigenvalue weighted by atomic mass is 28.4. The molecule has 2 heterocycles. The van der Waals surface area contributed by atoms with E-state index in [1.54, 1.807) is 11.0 Å². The summed E-state index contributed by atoms with van der Waals surface area (Å²) in [6.45, 7) is 7.42. The molecule has 2 aromatic carbocycles. The van der Waals surface area contributed by atoms with Crippen molar-refractivity contribution in [2.45, 2.75) is 57.2 Å².